The first-order valence-electron chi connectivity index (χ1n) is 10.2. The highest BCUT2D eigenvalue weighted by Crippen LogP contribution is 2.33. The molecular weight excluding hydrogens is 471 g/mol. The molecule has 4 heterocycles. The number of amides is 2. The zero-order chi connectivity index (χ0) is 24.0. The van der Waals surface area contributed by atoms with Gasteiger partial charge in [0.25, 0.3) is 5.91 Å². The van der Waals surface area contributed by atoms with E-state index in [1.807, 2.05) is 0 Å². The van der Waals surface area contributed by atoms with Crippen LogP contribution in [-0.2, 0) is 17.4 Å². The number of benzene rings is 1. The lowest BCUT2D eigenvalue weighted by molar-refractivity contribution is -0.137. The topological polar surface area (TPSA) is 126 Å². The van der Waals surface area contributed by atoms with Gasteiger partial charge in [-0.05, 0) is 49.1 Å². The molecule has 0 saturated heterocycles. The van der Waals surface area contributed by atoms with Gasteiger partial charge < -0.3 is 15.6 Å². The summed E-state index contributed by atoms with van der Waals surface area (Å²) in [6, 6.07) is 4.55. The fraction of sp³-hybridized carbons (Fsp3) is 0.238. The van der Waals surface area contributed by atoms with Crippen LogP contribution in [0.3, 0.4) is 0 Å². The molecule has 34 heavy (non-hydrogen) atoms. The number of H-pyrrole nitrogens is 1. The van der Waals surface area contributed by atoms with Crippen molar-refractivity contribution in [2.24, 2.45) is 0 Å². The van der Waals surface area contributed by atoms with Gasteiger partial charge in [-0.3, -0.25) is 9.59 Å². The van der Waals surface area contributed by atoms with Crippen molar-refractivity contribution in [3.8, 4) is 10.7 Å². The van der Waals surface area contributed by atoms with Crippen molar-refractivity contribution in [3.05, 3.63) is 53.1 Å². The van der Waals surface area contributed by atoms with E-state index in [0.717, 1.165) is 23.7 Å². The molecule has 3 N–H and O–H groups in total. The van der Waals surface area contributed by atoms with E-state index in [1.54, 1.807) is 13.0 Å². The third-order valence-corrected chi connectivity index (χ3v) is 6.19. The number of hydrogen-bond donors (Lipinski definition) is 3. The van der Waals surface area contributed by atoms with Gasteiger partial charge in [-0.15, -0.1) is 0 Å². The zero-order valence-electron chi connectivity index (χ0n) is 17.5. The second-order valence-electron chi connectivity index (χ2n) is 7.72. The molecule has 1 aliphatic rings. The molecule has 5 rings (SSSR count). The average Bonchev–Trinajstić information content (AvgIpc) is 3.44. The smallest absolute Gasteiger partial charge is 0.343 e. The molecule has 13 heteroatoms. The highest BCUT2D eigenvalue weighted by Gasteiger charge is 2.31. The van der Waals surface area contributed by atoms with Gasteiger partial charge in [0, 0.05) is 12.0 Å². The van der Waals surface area contributed by atoms with Gasteiger partial charge >= 0.3 is 6.18 Å². The number of imidazole rings is 1. The summed E-state index contributed by atoms with van der Waals surface area (Å²) in [7, 11) is 0. The fourth-order valence-corrected chi connectivity index (χ4v) is 4.40. The monoisotopic (exact) mass is 487 g/mol. The molecule has 2 amide bonds. The van der Waals surface area contributed by atoms with Gasteiger partial charge in [0.2, 0.25) is 5.91 Å². The van der Waals surface area contributed by atoms with E-state index in [2.05, 4.69) is 34.9 Å². The molecule has 0 spiro atoms. The van der Waals surface area contributed by atoms with E-state index < -0.39 is 23.7 Å². The number of carbonyl (C=O) groups excluding carboxylic acids is 2. The molecule has 1 atom stereocenters. The van der Waals surface area contributed by atoms with Crippen molar-refractivity contribution in [2.45, 2.75) is 32.0 Å². The van der Waals surface area contributed by atoms with Crippen LogP contribution in [0.25, 0.3) is 21.7 Å². The van der Waals surface area contributed by atoms with Crippen LogP contribution in [0.2, 0.25) is 0 Å². The number of hydrogen-bond acceptors (Lipinski definition) is 7. The minimum absolute atomic E-state index is 0.166. The van der Waals surface area contributed by atoms with Crippen LogP contribution in [0, 0.1) is 0 Å². The number of anilines is 1. The molecule has 0 bridgehead atoms. The molecular formula is C21H16F3N7O2S. The van der Waals surface area contributed by atoms with E-state index in [0.29, 0.717) is 39.7 Å². The van der Waals surface area contributed by atoms with Crippen LogP contribution in [0.5, 0.6) is 0 Å². The Balaban J connectivity index is 1.35. The number of nitrogens with zero attached hydrogens (tertiary/aromatic N) is 4. The summed E-state index contributed by atoms with van der Waals surface area (Å²) in [5.74, 6) is 0.122. The molecule has 3 aromatic heterocycles. The van der Waals surface area contributed by atoms with Gasteiger partial charge in [-0.25, -0.2) is 15.0 Å². The van der Waals surface area contributed by atoms with Crippen molar-refractivity contribution in [2.75, 3.05) is 5.32 Å². The summed E-state index contributed by atoms with van der Waals surface area (Å²) in [5, 5.41) is 5.47. The number of fused-ring (bicyclic) bond motifs is 2. The largest absolute Gasteiger partial charge is 0.416 e. The molecule has 0 aliphatic carbocycles. The summed E-state index contributed by atoms with van der Waals surface area (Å²) in [6.45, 7) is 1.75. The molecule has 0 unspecified atom stereocenters. The Bertz CT molecular complexity index is 1430. The summed E-state index contributed by atoms with van der Waals surface area (Å²) in [6.07, 6.45) is -2.62. The molecule has 0 saturated carbocycles. The van der Waals surface area contributed by atoms with Gasteiger partial charge in [-0.1, -0.05) is 0 Å². The van der Waals surface area contributed by atoms with E-state index in [4.69, 9.17) is 0 Å². The average molecular weight is 487 g/mol. The minimum atomic E-state index is -4.45. The van der Waals surface area contributed by atoms with Gasteiger partial charge in [0.05, 0.1) is 33.2 Å². The second kappa shape index (κ2) is 8.17. The molecule has 1 aliphatic heterocycles. The Labute approximate surface area is 194 Å². The number of nitrogens with one attached hydrogen (secondary N) is 3. The lowest BCUT2D eigenvalue weighted by atomic mass is 10.0. The Morgan fingerprint density at radius 3 is 2.82 bits per heavy atom. The predicted octanol–water partition coefficient (Wildman–Crippen LogP) is 3.87. The van der Waals surface area contributed by atoms with Crippen molar-refractivity contribution < 1.29 is 22.8 Å². The number of halogens is 3. The minimum Gasteiger partial charge on any atom is -0.343 e. The Hall–Kier alpha value is -3.87. The van der Waals surface area contributed by atoms with E-state index in [-0.39, 0.29) is 23.5 Å². The standard InChI is InChI=1S/C21H16F3N7O2S/c1-9(27-20(33)17-11-3-5-16(32)30-18(11)26-8-25-17)13-7-15(34-31-13)19-28-12-4-2-10(21(22,23)24)6-14(12)29-19/h2,4,6-9H,3,5H2,1H3,(H,27,33)(H,28,29)(H,25,26,30,32)/t9-/m1/s1. The lowest BCUT2D eigenvalue weighted by Crippen LogP contribution is -2.31. The van der Waals surface area contributed by atoms with Gasteiger partial charge in [0.15, 0.2) is 0 Å². The van der Waals surface area contributed by atoms with E-state index in [1.165, 1.54) is 12.4 Å². The van der Waals surface area contributed by atoms with Crippen LogP contribution in [0.4, 0.5) is 19.0 Å². The number of carbonyl (C=O) groups is 2. The van der Waals surface area contributed by atoms with E-state index >= 15 is 0 Å². The van der Waals surface area contributed by atoms with Crippen molar-refractivity contribution in [1.82, 2.24) is 29.6 Å². The van der Waals surface area contributed by atoms with Crippen molar-refractivity contribution in [1.29, 1.82) is 0 Å². The summed E-state index contributed by atoms with van der Waals surface area (Å²) in [5.41, 5.74) is 1.22. The summed E-state index contributed by atoms with van der Waals surface area (Å²) >= 11 is 1.11. The quantitative estimate of drug-likeness (QED) is 0.401. The van der Waals surface area contributed by atoms with Crippen LogP contribution in [0.1, 0.15) is 46.7 Å². The SMILES string of the molecule is C[C@@H](NC(=O)c1ncnc2c1CCC(=O)N2)c1cc(-c2nc3ccc(C(F)(F)F)cc3[nH]2)sn1. The Kier molecular flexibility index (Phi) is 5.27. The predicted molar refractivity (Wildman–Crippen MR) is 117 cm³/mol. The van der Waals surface area contributed by atoms with Crippen LogP contribution < -0.4 is 10.6 Å². The molecule has 174 valence electrons. The molecule has 0 fully saturated rings. The van der Waals surface area contributed by atoms with Gasteiger partial charge in [-0.2, -0.15) is 17.5 Å². The second-order valence-corrected chi connectivity index (χ2v) is 8.53. The first-order chi connectivity index (χ1) is 16.2. The van der Waals surface area contributed by atoms with Crippen molar-refractivity contribution >= 4 is 40.2 Å². The maximum absolute atomic E-state index is 13.0. The number of aromatic nitrogens is 5. The Morgan fingerprint density at radius 1 is 1.21 bits per heavy atom. The highest BCUT2D eigenvalue weighted by atomic mass is 32.1. The van der Waals surface area contributed by atoms with E-state index in [9.17, 15) is 22.8 Å². The normalized spacial score (nSPS) is 14.5. The molecule has 9 nitrogen and oxygen atoms in total. The zero-order valence-corrected chi connectivity index (χ0v) is 18.3. The first-order valence-corrected chi connectivity index (χ1v) is 10.9. The number of aromatic amines is 1. The van der Waals surface area contributed by atoms with Crippen LogP contribution in [-0.4, -0.2) is 36.1 Å². The van der Waals surface area contributed by atoms with Gasteiger partial charge in [0.1, 0.15) is 23.7 Å². The third-order valence-electron chi connectivity index (χ3n) is 5.38. The molecule has 4 aromatic rings. The molecule has 0 radical (unpaired) electrons. The number of rotatable bonds is 4. The maximum atomic E-state index is 13.0. The fourth-order valence-electron chi connectivity index (χ4n) is 3.63. The van der Waals surface area contributed by atoms with Crippen molar-refractivity contribution in [3.63, 3.8) is 0 Å². The third kappa shape index (κ3) is 4.09. The highest BCUT2D eigenvalue weighted by molar-refractivity contribution is 7.09. The lowest BCUT2D eigenvalue weighted by Gasteiger charge is -2.18. The maximum Gasteiger partial charge on any atom is 0.416 e. The number of alkyl halides is 3. The summed E-state index contributed by atoms with van der Waals surface area (Å²) < 4.78 is 43.3. The summed E-state index contributed by atoms with van der Waals surface area (Å²) in [4.78, 5) is 40.4. The van der Waals surface area contributed by atoms with Crippen LogP contribution in [0.15, 0.2) is 30.6 Å². The first kappa shape index (κ1) is 21.9. The molecule has 1 aromatic carbocycles. The Morgan fingerprint density at radius 2 is 2.03 bits per heavy atom. The van der Waals surface area contributed by atoms with Crippen LogP contribution >= 0.6 is 11.5 Å².